The number of aromatic amines is 1. The van der Waals surface area contributed by atoms with Crippen LogP contribution in [0.15, 0.2) is 50.8 Å². The highest BCUT2D eigenvalue weighted by atomic mass is 32.2. The summed E-state index contributed by atoms with van der Waals surface area (Å²) in [5.74, 6) is 3.16. The zero-order valence-electron chi connectivity index (χ0n) is 13.2. The summed E-state index contributed by atoms with van der Waals surface area (Å²) in [5, 5.41) is 15.7. The molecular weight excluding hydrogens is 358 g/mol. The summed E-state index contributed by atoms with van der Waals surface area (Å²) in [7, 11) is 1.64. The van der Waals surface area contributed by atoms with Gasteiger partial charge in [-0.3, -0.25) is 5.10 Å². The van der Waals surface area contributed by atoms with Gasteiger partial charge in [0.05, 0.1) is 12.9 Å². The highest BCUT2D eigenvalue weighted by Gasteiger charge is 2.12. The fourth-order valence-corrected chi connectivity index (χ4v) is 3.41. The van der Waals surface area contributed by atoms with Gasteiger partial charge in [-0.15, -0.1) is 5.10 Å². The summed E-state index contributed by atoms with van der Waals surface area (Å²) in [5.41, 5.74) is 1.90. The topological polar surface area (TPSA) is 89.7 Å². The molecule has 0 aliphatic rings. The molecule has 0 fully saturated rings. The molecule has 0 amide bonds. The van der Waals surface area contributed by atoms with E-state index < -0.39 is 0 Å². The van der Waals surface area contributed by atoms with Crippen LogP contribution in [0.2, 0.25) is 0 Å². The van der Waals surface area contributed by atoms with Crippen molar-refractivity contribution in [3.63, 3.8) is 0 Å². The van der Waals surface area contributed by atoms with Crippen LogP contribution in [0.1, 0.15) is 5.89 Å². The number of nitrogens with zero attached hydrogens (tertiary/aromatic N) is 4. The molecule has 0 bridgehead atoms. The van der Waals surface area contributed by atoms with E-state index in [9.17, 15) is 0 Å². The number of aromatic nitrogens is 5. The standard InChI is InChI=1S/C16H13N5O2S2/c1-22-12-4-2-10(3-5-12)14-18-16(20-19-14)25-9-13-17-15(21-23-13)11-6-7-24-8-11/h2-8H,9H2,1H3,(H,18,19,20). The third-order valence-corrected chi connectivity index (χ3v) is 4.92. The molecule has 0 spiro atoms. The van der Waals surface area contributed by atoms with Crippen molar-refractivity contribution in [2.45, 2.75) is 10.9 Å². The average molecular weight is 371 g/mol. The number of hydrogen-bond acceptors (Lipinski definition) is 8. The molecule has 3 aromatic heterocycles. The lowest BCUT2D eigenvalue weighted by Crippen LogP contribution is -1.84. The predicted octanol–water partition coefficient (Wildman–Crippen LogP) is 3.88. The lowest BCUT2D eigenvalue weighted by atomic mass is 10.2. The lowest BCUT2D eigenvalue weighted by molar-refractivity contribution is 0.391. The van der Waals surface area contributed by atoms with Crippen LogP contribution in [0.3, 0.4) is 0 Å². The number of benzene rings is 1. The summed E-state index contributed by atoms with van der Waals surface area (Å²) in [6, 6.07) is 9.59. The van der Waals surface area contributed by atoms with Crippen molar-refractivity contribution < 1.29 is 9.26 Å². The summed E-state index contributed by atoms with van der Waals surface area (Å²) < 4.78 is 10.4. The van der Waals surface area contributed by atoms with Gasteiger partial charge in [-0.1, -0.05) is 16.9 Å². The minimum Gasteiger partial charge on any atom is -0.497 e. The van der Waals surface area contributed by atoms with Gasteiger partial charge in [0.2, 0.25) is 16.9 Å². The van der Waals surface area contributed by atoms with Crippen LogP contribution in [-0.2, 0) is 5.75 Å². The number of thioether (sulfide) groups is 1. The Labute approximate surface area is 151 Å². The van der Waals surface area contributed by atoms with E-state index in [1.165, 1.54) is 11.8 Å². The first-order chi connectivity index (χ1) is 12.3. The van der Waals surface area contributed by atoms with Gasteiger partial charge in [-0.25, -0.2) is 4.98 Å². The van der Waals surface area contributed by atoms with Crippen LogP contribution in [0, 0.1) is 0 Å². The van der Waals surface area contributed by atoms with Crippen LogP contribution in [0.4, 0.5) is 0 Å². The molecule has 9 heteroatoms. The maximum absolute atomic E-state index is 5.27. The second kappa shape index (κ2) is 7.08. The van der Waals surface area contributed by atoms with Gasteiger partial charge < -0.3 is 9.26 Å². The van der Waals surface area contributed by atoms with Gasteiger partial charge in [-0.05, 0) is 35.7 Å². The van der Waals surface area contributed by atoms with Crippen molar-refractivity contribution in [3.05, 3.63) is 47.0 Å². The van der Waals surface area contributed by atoms with Gasteiger partial charge in [0.1, 0.15) is 5.75 Å². The Morgan fingerprint density at radius 1 is 1.16 bits per heavy atom. The summed E-state index contributed by atoms with van der Waals surface area (Å²) in [4.78, 5) is 8.86. The first-order valence-corrected chi connectivity index (χ1v) is 9.29. The van der Waals surface area contributed by atoms with E-state index in [4.69, 9.17) is 9.26 Å². The van der Waals surface area contributed by atoms with E-state index >= 15 is 0 Å². The zero-order valence-corrected chi connectivity index (χ0v) is 14.8. The molecule has 0 radical (unpaired) electrons. The molecule has 0 atom stereocenters. The van der Waals surface area contributed by atoms with E-state index in [1.807, 2.05) is 41.1 Å². The van der Waals surface area contributed by atoms with Gasteiger partial charge >= 0.3 is 0 Å². The molecular formula is C16H13N5O2S2. The fraction of sp³-hybridized carbons (Fsp3) is 0.125. The van der Waals surface area contributed by atoms with Crippen LogP contribution >= 0.6 is 23.1 Å². The van der Waals surface area contributed by atoms with Crippen LogP contribution in [0.25, 0.3) is 22.8 Å². The Morgan fingerprint density at radius 3 is 2.80 bits per heavy atom. The fourth-order valence-electron chi connectivity index (χ4n) is 2.14. The summed E-state index contributed by atoms with van der Waals surface area (Å²) in [6.07, 6.45) is 0. The van der Waals surface area contributed by atoms with Crippen molar-refractivity contribution in [3.8, 4) is 28.5 Å². The van der Waals surface area contributed by atoms with Crippen molar-refractivity contribution in [1.29, 1.82) is 0 Å². The number of nitrogens with one attached hydrogen (secondary N) is 1. The minimum absolute atomic E-state index is 0.511. The van der Waals surface area contributed by atoms with Crippen molar-refractivity contribution in [2.75, 3.05) is 7.11 Å². The second-order valence-electron chi connectivity index (χ2n) is 5.01. The highest BCUT2D eigenvalue weighted by Crippen LogP contribution is 2.25. The Bertz CT molecular complexity index is 947. The summed E-state index contributed by atoms with van der Waals surface area (Å²) >= 11 is 3.03. The molecule has 126 valence electrons. The molecule has 0 saturated carbocycles. The first kappa shape index (κ1) is 15.9. The molecule has 7 nitrogen and oxygen atoms in total. The quantitative estimate of drug-likeness (QED) is 0.514. The predicted molar refractivity (Wildman–Crippen MR) is 95.5 cm³/mol. The Balaban J connectivity index is 1.41. The molecule has 25 heavy (non-hydrogen) atoms. The van der Waals surface area contributed by atoms with Gasteiger partial charge in [-0.2, -0.15) is 16.3 Å². The molecule has 1 N–H and O–H groups in total. The smallest absolute Gasteiger partial charge is 0.237 e. The molecule has 0 aliphatic heterocycles. The van der Waals surface area contributed by atoms with Crippen molar-refractivity contribution in [1.82, 2.24) is 25.3 Å². The van der Waals surface area contributed by atoms with E-state index in [1.54, 1.807) is 18.4 Å². The first-order valence-electron chi connectivity index (χ1n) is 7.36. The SMILES string of the molecule is COc1ccc(-c2nc(SCc3nc(-c4ccsc4)no3)n[nH]2)cc1. The number of methoxy groups -OCH3 is 1. The van der Waals surface area contributed by atoms with Crippen LogP contribution in [-0.4, -0.2) is 32.4 Å². The molecule has 3 heterocycles. The largest absolute Gasteiger partial charge is 0.497 e. The van der Waals surface area contributed by atoms with E-state index in [2.05, 4.69) is 25.3 Å². The normalized spacial score (nSPS) is 10.9. The van der Waals surface area contributed by atoms with E-state index in [-0.39, 0.29) is 0 Å². The molecule has 1 aromatic carbocycles. The van der Waals surface area contributed by atoms with Crippen LogP contribution < -0.4 is 4.74 Å². The Hall–Kier alpha value is -2.65. The zero-order chi connectivity index (χ0) is 17.1. The molecule has 4 rings (SSSR count). The second-order valence-corrected chi connectivity index (χ2v) is 6.73. The molecule has 4 aromatic rings. The molecule has 0 aliphatic carbocycles. The number of rotatable bonds is 6. The maximum atomic E-state index is 5.27. The van der Waals surface area contributed by atoms with Crippen molar-refractivity contribution >= 4 is 23.1 Å². The van der Waals surface area contributed by atoms with Gasteiger partial charge in [0, 0.05) is 16.5 Å². The third kappa shape index (κ3) is 3.57. The number of thiophene rings is 1. The Morgan fingerprint density at radius 2 is 2.04 bits per heavy atom. The highest BCUT2D eigenvalue weighted by molar-refractivity contribution is 7.98. The van der Waals surface area contributed by atoms with Crippen molar-refractivity contribution in [2.24, 2.45) is 0 Å². The summed E-state index contributed by atoms with van der Waals surface area (Å²) in [6.45, 7) is 0. The van der Waals surface area contributed by atoms with E-state index in [0.717, 1.165) is 16.9 Å². The van der Waals surface area contributed by atoms with Gasteiger partial charge in [0.15, 0.2) is 5.82 Å². The lowest BCUT2D eigenvalue weighted by Gasteiger charge is -1.99. The minimum atomic E-state index is 0.511. The molecule has 0 unspecified atom stereocenters. The maximum Gasteiger partial charge on any atom is 0.237 e. The Kier molecular flexibility index (Phi) is 4.49. The third-order valence-electron chi connectivity index (χ3n) is 3.40. The monoisotopic (exact) mass is 371 g/mol. The molecule has 0 saturated heterocycles. The number of ether oxygens (including phenoxy) is 1. The van der Waals surface area contributed by atoms with Gasteiger partial charge in [0.25, 0.3) is 0 Å². The van der Waals surface area contributed by atoms with Crippen LogP contribution in [0.5, 0.6) is 5.75 Å². The average Bonchev–Trinajstić information content (AvgIpc) is 3.41. The number of hydrogen-bond donors (Lipinski definition) is 1. The van der Waals surface area contributed by atoms with E-state index in [0.29, 0.717) is 28.4 Å². The number of H-pyrrole nitrogens is 1.